The third-order valence-corrected chi connectivity index (χ3v) is 4.31. The predicted molar refractivity (Wildman–Crippen MR) is 89.3 cm³/mol. The number of amides is 1. The molecule has 23 heavy (non-hydrogen) atoms. The number of methoxy groups -OCH3 is 2. The summed E-state index contributed by atoms with van der Waals surface area (Å²) < 4.78 is 10.7. The van der Waals surface area contributed by atoms with Crippen molar-refractivity contribution in [3.8, 4) is 11.5 Å². The van der Waals surface area contributed by atoms with Crippen LogP contribution in [0.15, 0.2) is 36.4 Å². The highest BCUT2D eigenvalue weighted by atomic mass is 16.5. The molecule has 0 heterocycles. The Morgan fingerprint density at radius 3 is 2.57 bits per heavy atom. The van der Waals surface area contributed by atoms with Gasteiger partial charge in [-0.05, 0) is 55.2 Å². The van der Waals surface area contributed by atoms with Crippen LogP contribution in [0.3, 0.4) is 0 Å². The van der Waals surface area contributed by atoms with E-state index in [9.17, 15) is 4.79 Å². The zero-order valence-corrected chi connectivity index (χ0v) is 13.7. The van der Waals surface area contributed by atoms with Crippen LogP contribution in [0.2, 0.25) is 0 Å². The molecule has 1 unspecified atom stereocenters. The van der Waals surface area contributed by atoms with E-state index >= 15 is 0 Å². The third-order valence-electron chi connectivity index (χ3n) is 4.31. The first kappa shape index (κ1) is 15.4. The van der Waals surface area contributed by atoms with Gasteiger partial charge in [-0.25, -0.2) is 0 Å². The Labute approximate surface area is 136 Å². The number of carbonyl (C=O) groups is 1. The molecule has 1 amide bonds. The monoisotopic (exact) mass is 311 g/mol. The number of hydrogen-bond donors (Lipinski definition) is 1. The Morgan fingerprint density at radius 1 is 1.13 bits per heavy atom. The second-order valence-electron chi connectivity index (χ2n) is 5.84. The molecule has 0 radical (unpaired) electrons. The number of benzene rings is 2. The summed E-state index contributed by atoms with van der Waals surface area (Å²) in [5.74, 6) is 1.39. The quantitative estimate of drug-likeness (QED) is 0.941. The van der Waals surface area contributed by atoms with Crippen molar-refractivity contribution in [1.29, 1.82) is 0 Å². The van der Waals surface area contributed by atoms with Crippen molar-refractivity contribution in [2.75, 3.05) is 14.2 Å². The van der Waals surface area contributed by atoms with E-state index in [1.54, 1.807) is 14.2 Å². The number of carbonyl (C=O) groups excluding carboxylic acids is 1. The summed E-state index contributed by atoms with van der Waals surface area (Å²) in [4.78, 5) is 12.5. The summed E-state index contributed by atoms with van der Waals surface area (Å²) in [7, 11) is 3.26. The van der Waals surface area contributed by atoms with Gasteiger partial charge < -0.3 is 14.8 Å². The molecule has 2 aromatic rings. The topological polar surface area (TPSA) is 47.6 Å². The van der Waals surface area contributed by atoms with Gasteiger partial charge in [0.2, 0.25) is 0 Å². The summed E-state index contributed by atoms with van der Waals surface area (Å²) >= 11 is 0. The van der Waals surface area contributed by atoms with Crippen molar-refractivity contribution in [3.63, 3.8) is 0 Å². The maximum absolute atomic E-state index is 12.5. The van der Waals surface area contributed by atoms with Gasteiger partial charge in [-0.2, -0.15) is 0 Å². The normalized spacial score (nSPS) is 15.9. The number of ether oxygens (including phenoxy) is 2. The van der Waals surface area contributed by atoms with E-state index in [1.807, 2.05) is 43.3 Å². The Hall–Kier alpha value is -2.49. The average Bonchev–Trinajstić information content (AvgIpc) is 2.95. The van der Waals surface area contributed by atoms with Gasteiger partial charge in [0.1, 0.15) is 0 Å². The summed E-state index contributed by atoms with van der Waals surface area (Å²) in [5, 5.41) is 3.13. The van der Waals surface area contributed by atoms with E-state index in [-0.39, 0.29) is 11.9 Å². The zero-order chi connectivity index (χ0) is 16.4. The lowest BCUT2D eigenvalue weighted by Gasteiger charge is -2.16. The molecule has 1 aliphatic rings. The minimum absolute atomic E-state index is 0.0119. The second-order valence-corrected chi connectivity index (χ2v) is 5.84. The molecule has 1 atom stereocenters. The van der Waals surface area contributed by atoms with Gasteiger partial charge >= 0.3 is 0 Å². The van der Waals surface area contributed by atoms with Gasteiger partial charge in [0.15, 0.2) is 11.5 Å². The highest BCUT2D eigenvalue weighted by molar-refractivity contribution is 5.94. The maximum Gasteiger partial charge on any atom is 0.251 e. The van der Waals surface area contributed by atoms with Crippen molar-refractivity contribution in [2.45, 2.75) is 25.8 Å². The zero-order valence-electron chi connectivity index (χ0n) is 13.7. The Bertz CT molecular complexity index is 739. The summed E-state index contributed by atoms with van der Waals surface area (Å²) in [6, 6.07) is 11.6. The van der Waals surface area contributed by atoms with Gasteiger partial charge in [0.25, 0.3) is 5.91 Å². The molecule has 0 fully saturated rings. The lowest BCUT2D eigenvalue weighted by molar-refractivity contribution is 0.0936. The summed E-state index contributed by atoms with van der Waals surface area (Å²) in [6.07, 6.45) is 1.82. The molecular weight excluding hydrogens is 290 g/mol. The van der Waals surface area contributed by atoms with Gasteiger partial charge in [-0.15, -0.1) is 0 Å². The predicted octanol–water partition coefficient (Wildman–Crippen LogP) is 3.43. The summed E-state index contributed by atoms with van der Waals surface area (Å²) in [6.45, 7) is 1.98. The molecule has 3 rings (SSSR count). The highest BCUT2D eigenvalue weighted by Crippen LogP contribution is 2.39. The number of fused-ring (bicyclic) bond motifs is 1. The van der Waals surface area contributed by atoms with Crippen molar-refractivity contribution >= 4 is 5.91 Å². The smallest absolute Gasteiger partial charge is 0.251 e. The Morgan fingerprint density at radius 2 is 1.87 bits per heavy atom. The fourth-order valence-electron chi connectivity index (χ4n) is 3.11. The number of rotatable bonds is 4. The van der Waals surface area contributed by atoms with Gasteiger partial charge in [-0.3, -0.25) is 4.79 Å². The number of hydrogen-bond acceptors (Lipinski definition) is 3. The fourth-order valence-corrected chi connectivity index (χ4v) is 3.11. The first-order valence-corrected chi connectivity index (χ1v) is 7.74. The van der Waals surface area contributed by atoms with E-state index in [4.69, 9.17) is 9.47 Å². The van der Waals surface area contributed by atoms with Crippen LogP contribution in [-0.2, 0) is 6.42 Å². The van der Waals surface area contributed by atoms with Crippen LogP contribution in [0, 0.1) is 6.92 Å². The SMILES string of the molecule is COc1cc2c(cc1OC)C(NC(=O)c1cccc(C)c1)CC2. The second kappa shape index (κ2) is 6.32. The maximum atomic E-state index is 12.5. The van der Waals surface area contributed by atoms with Crippen molar-refractivity contribution < 1.29 is 14.3 Å². The van der Waals surface area contributed by atoms with E-state index in [1.165, 1.54) is 5.56 Å². The van der Waals surface area contributed by atoms with Crippen LogP contribution < -0.4 is 14.8 Å². The number of nitrogens with one attached hydrogen (secondary N) is 1. The van der Waals surface area contributed by atoms with Gasteiger partial charge in [0.05, 0.1) is 20.3 Å². The molecule has 1 N–H and O–H groups in total. The van der Waals surface area contributed by atoms with Crippen molar-refractivity contribution in [2.24, 2.45) is 0 Å². The fraction of sp³-hybridized carbons (Fsp3) is 0.316. The molecule has 1 aliphatic carbocycles. The van der Waals surface area contributed by atoms with Crippen LogP contribution >= 0.6 is 0 Å². The van der Waals surface area contributed by atoms with E-state index in [0.717, 1.165) is 29.7 Å². The van der Waals surface area contributed by atoms with Crippen LogP contribution in [-0.4, -0.2) is 20.1 Å². The molecule has 4 nitrogen and oxygen atoms in total. The lowest BCUT2D eigenvalue weighted by atomic mass is 10.1. The first-order valence-electron chi connectivity index (χ1n) is 7.74. The summed E-state index contributed by atoms with van der Waals surface area (Å²) in [5.41, 5.74) is 4.09. The molecule has 0 spiro atoms. The van der Waals surface area contributed by atoms with Crippen LogP contribution in [0.4, 0.5) is 0 Å². The third kappa shape index (κ3) is 3.02. The Balaban J connectivity index is 1.84. The molecule has 0 saturated carbocycles. The molecule has 120 valence electrons. The first-order chi connectivity index (χ1) is 11.1. The molecule has 0 bridgehead atoms. The molecule has 0 saturated heterocycles. The van der Waals surface area contributed by atoms with Crippen LogP contribution in [0.5, 0.6) is 11.5 Å². The van der Waals surface area contributed by atoms with Crippen LogP contribution in [0.1, 0.15) is 39.5 Å². The molecular formula is C19H21NO3. The highest BCUT2D eigenvalue weighted by Gasteiger charge is 2.26. The molecule has 0 aliphatic heterocycles. The minimum atomic E-state index is -0.0404. The molecule has 0 aromatic heterocycles. The average molecular weight is 311 g/mol. The van der Waals surface area contributed by atoms with E-state index in [0.29, 0.717) is 11.3 Å². The van der Waals surface area contributed by atoms with Crippen LogP contribution in [0.25, 0.3) is 0 Å². The van der Waals surface area contributed by atoms with E-state index in [2.05, 4.69) is 5.32 Å². The minimum Gasteiger partial charge on any atom is -0.493 e. The molecule has 4 heteroatoms. The standard InChI is InChI=1S/C19H21NO3/c1-12-5-4-6-14(9-12)19(21)20-16-8-7-13-10-17(22-2)18(23-3)11-15(13)16/h4-6,9-11,16H,7-8H2,1-3H3,(H,20,21). The largest absolute Gasteiger partial charge is 0.493 e. The molecule has 2 aromatic carbocycles. The van der Waals surface area contributed by atoms with E-state index < -0.39 is 0 Å². The number of aryl methyl sites for hydroxylation is 2. The van der Waals surface area contributed by atoms with Gasteiger partial charge in [-0.1, -0.05) is 17.7 Å². The van der Waals surface area contributed by atoms with Crippen molar-refractivity contribution in [3.05, 3.63) is 58.7 Å². The Kier molecular flexibility index (Phi) is 4.24. The lowest BCUT2D eigenvalue weighted by Crippen LogP contribution is -2.27. The van der Waals surface area contributed by atoms with Gasteiger partial charge in [0, 0.05) is 5.56 Å². The van der Waals surface area contributed by atoms with Crippen molar-refractivity contribution in [1.82, 2.24) is 5.32 Å².